The smallest absolute Gasteiger partial charge is 0.301 e. The summed E-state index contributed by atoms with van der Waals surface area (Å²) in [5.41, 5.74) is 3.91. The minimum atomic E-state index is -3.35. The van der Waals surface area contributed by atoms with Crippen LogP contribution in [0, 0.1) is 0 Å². The molecule has 1 amide bonds. The van der Waals surface area contributed by atoms with E-state index < -0.39 is 10.0 Å². The van der Waals surface area contributed by atoms with Crippen molar-refractivity contribution in [3.8, 4) is 0 Å². The van der Waals surface area contributed by atoms with Gasteiger partial charge in [-0.1, -0.05) is 43.7 Å². The molecule has 2 aromatic heterocycles. The quantitative estimate of drug-likeness (QED) is 0.512. The summed E-state index contributed by atoms with van der Waals surface area (Å²) < 4.78 is 30.7. The van der Waals surface area contributed by atoms with Crippen molar-refractivity contribution in [2.24, 2.45) is 0 Å². The Kier molecular flexibility index (Phi) is 6.66. The number of hydrogen-bond acceptors (Lipinski definition) is 5. The van der Waals surface area contributed by atoms with E-state index in [-0.39, 0.29) is 23.6 Å². The summed E-state index contributed by atoms with van der Waals surface area (Å²) in [5.74, 6) is -0.173. The molecule has 0 aliphatic heterocycles. The van der Waals surface area contributed by atoms with Gasteiger partial charge in [-0.05, 0) is 30.4 Å². The van der Waals surface area contributed by atoms with Crippen LogP contribution in [0.1, 0.15) is 48.3 Å². The number of fused-ring (bicyclic) bond motifs is 1. The average Bonchev–Trinajstić information content (AvgIpc) is 3.32. The molecule has 0 radical (unpaired) electrons. The first-order chi connectivity index (χ1) is 14.6. The molecule has 2 N–H and O–H groups in total. The number of amides is 1. The molecule has 9 heteroatoms. The maximum absolute atomic E-state index is 13.0. The number of oxazole rings is 1. The molecule has 0 atom stereocenters. The van der Waals surface area contributed by atoms with E-state index in [9.17, 15) is 13.2 Å². The average molecular weight is 445 g/mol. The lowest BCUT2D eigenvalue weighted by molar-refractivity contribution is 0.101. The molecule has 1 aromatic carbocycles. The first-order valence-electron chi connectivity index (χ1n) is 10.00. The van der Waals surface area contributed by atoms with Gasteiger partial charge in [0.05, 0.1) is 11.9 Å². The standard InChI is InChI=1S/C22H28N4O4S/c1-14(2)16-7-6-8-17-18(10-9-15(3)13-31(28,29)26(4)5)20(24-19(16)17)21(27)25-22-23-11-12-30-22/h6-9,11-12,14,24H,10,13H2,1-5H3,(H,23,25,27)/b15-9+. The zero-order valence-electron chi connectivity index (χ0n) is 18.4. The first-order valence-corrected chi connectivity index (χ1v) is 11.6. The van der Waals surface area contributed by atoms with Gasteiger partial charge >= 0.3 is 6.01 Å². The SMILES string of the molecule is C/C(=C\Cc1c(C(=O)Nc2ncco2)[nH]c2c(C(C)C)cccc12)CS(=O)(=O)N(C)C. The van der Waals surface area contributed by atoms with Crippen molar-refractivity contribution >= 4 is 32.8 Å². The van der Waals surface area contributed by atoms with E-state index in [4.69, 9.17) is 4.42 Å². The van der Waals surface area contributed by atoms with Gasteiger partial charge in [0, 0.05) is 25.0 Å². The van der Waals surface area contributed by atoms with Crippen molar-refractivity contribution in [2.75, 3.05) is 25.2 Å². The van der Waals surface area contributed by atoms with Crippen molar-refractivity contribution in [1.29, 1.82) is 0 Å². The molecule has 0 bridgehead atoms. The fraction of sp³-hybridized carbons (Fsp3) is 0.364. The van der Waals surface area contributed by atoms with Crippen LogP contribution < -0.4 is 5.32 Å². The first kappa shape index (κ1) is 22.8. The molecule has 8 nitrogen and oxygen atoms in total. The van der Waals surface area contributed by atoms with E-state index in [2.05, 4.69) is 29.1 Å². The predicted octanol–water partition coefficient (Wildman–Crippen LogP) is 3.91. The Labute approximate surface area is 182 Å². The Bertz CT molecular complexity index is 1210. The van der Waals surface area contributed by atoms with Crippen molar-refractivity contribution in [3.63, 3.8) is 0 Å². The van der Waals surface area contributed by atoms with Crippen LogP contribution >= 0.6 is 0 Å². The third-order valence-electron chi connectivity index (χ3n) is 5.10. The van der Waals surface area contributed by atoms with Crippen LogP contribution in [0.25, 0.3) is 10.9 Å². The second-order valence-electron chi connectivity index (χ2n) is 7.99. The summed E-state index contributed by atoms with van der Waals surface area (Å²) in [6.45, 7) is 5.97. The van der Waals surface area contributed by atoms with Gasteiger partial charge in [-0.3, -0.25) is 10.1 Å². The molecule has 0 aliphatic rings. The van der Waals surface area contributed by atoms with Gasteiger partial charge in [-0.25, -0.2) is 17.7 Å². The Morgan fingerprint density at radius 2 is 2.06 bits per heavy atom. The summed E-state index contributed by atoms with van der Waals surface area (Å²) >= 11 is 0. The maximum Gasteiger partial charge on any atom is 0.301 e. The fourth-order valence-corrected chi connectivity index (χ4v) is 4.33. The highest BCUT2D eigenvalue weighted by Gasteiger charge is 2.21. The zero-order valence-corrected chi connectivity index (χ0v) is 19.2. The molecule has 0 aliphatic carbocycles. The number of hydrogen-bond donors (Lipinski definition) is 2. The Balaban J connectivity index is 2.02. The molecule has 0 unspecified atom stereocenters. The summed E-state index contributed by atoms with van der Waals surface area (Å²) in [7, 11) is -0.323. The van der Waals surface area contributed by atoms with Gasteiger partial charge in [-0.15, -0.1) is 0 Å². The van der Waals surface area contributed by atoms with Crippen LogP contribution in [-0.4, -0.2) is 48.4 Å². The Hall–Kier alpha value is -2.91. The van der Waals surface area contributed by atoms with Crippen LogP contribution in [0.4, 0.5) is 6.01 Å². The maximum atomic E-state index is 13.0. The van der Waals surface area contributed by atoms with Crippen molar-refractivity contribution in [2.45, 2.75) is 33.1 Å². The van der Waals surface area contributed by atoms with Gasteiger partial charge in [0.1, 0.15) is 12.0 Å². The number of aromatic amines is 1. The summed E-state index contributed by atoms with van der Waals surface area (Å²) in [4.78, 5) is 20.2. The minimum Gasteiger partial charge on any atom is -0.432 e. The van der Waals surface area contributed by atoms with Crippen LogP contribution in [0.5, 0.6) is 0 Å². The number of sulfonamides is 1. The highest BCUT2D eigenvalue weighted by molar-refractivity contribution is 7.89. The van der Waals surface area contributed by atoms with E-state index in [1.54, 1.807) is 6.92 Å². The van der Waals surface area contributed by atoms with Gasteiger partial charge < -0.3 is 9.40 Å². The van der Waals surface area contributed by atoms with E-state index >= 15 is 0 Å². The number of allylic oxidation sites excluding steroid dienone is 1. The Morgan fingerprint density at radius 1 is 1.32 bits per heavy atom. The van der Waals surface area contributed by atoms with Gasteiger partial charge in [-0.2, -0.15) is 0 Å². The molecule has 0 spiro atoms. The second-order valence-corrected chi connectivity index (χ2v) is 10.2. The van der Waals surface area contributed by atoms with Crippen LogP contribution in [-0.2, 0) is 16.4 Å². The van der Waals surface area contributed by atoms with Crippen molar-refractivity contribution < 1.29 is 17.6 Å². The number of nitrogens with zero attached hydrogens (tertiary/aromatic N) is 2. The lowest BCUT2D eigenvalue weighted by Gasteiger charge is -2.11. The van der Waals surface area contributed by atoms with E-state index in [1.165, 1.54) is 30.9 Å². The number of rotatable bonds is 8. The topological polar surface area (TPSA) is 108 Å². The van der Waals surface area contributed by atoms with Crippen LogP contribution in [0.15, 0.2) is 46.7 Å². The van der Waals surface area contributed by atoms with E-state index in [0.717, 1.165) is 22.0 Å². The van der Waals surface area contributed by atoms with E-state index in [1.807, 2.05) is 24.3 Å². The molecule has 166 valence electrons. The van der Waals surface area contributed by atoms with Crippen molar-refractivity contribution in [3.05, 3.63) is 59.1 Å². The monoisotopic (exact) mass is 444 g/mol. The number of anilines is 1. The van der Waals surface area contributed by atoms with E-state index in [0.29, 0.717) is 17.7 Å². The van der Waals surface area contributed by atoms with Gasteiger partial charge in [0.25, 0.3) is 5.91 Å². The zero-order chi connectivity index (χ0) is 22.8. The van der Waals surface area contributed by atoms with Crippen LogP contribution in [0.3, 0.4) is 0 Å². The molecule has 3 rings (SSSR count). The summed E-state index contributed by atoms with van der Waals surface area (Å²) in [6.07, 6.45) is 5.10. The van der Waals surface area contributed by atoms with Crippen LogP contribution in [0.2, 0.25) is 0 Å². The minimum absolute atomic E-state index is 0.0720. The molecule has 0 saturated carbocycles. The number of carbonyl (C=O) groups excluding carboxylic acids is 1. The highest BCUT2D eigenvalue weighted by Crippen LogP contribution is 2.30. The number of H-pyrrole nitrogens is 1. The molecule has 2 heterocycles. The fourth-order valence-electron chi connectivity index (χ4n) is 3.38. The number of benzene rings is 1. The molecule has 3 aromatic rings. The molecule has 0 fully saturated rings. The molecular weight excluding hydrogens is 416 g/mol. The third-order valence-corrected chi connectivity index (χ3v) is 7.03. The number of para-hydroxylation sites is 1. The normalized spacial score (nSPS) is 12.8. The summed E-state index contributed by atoms with van der Waals surface area (Å²) in [5, 5.41) is 3.59. The summed E-state index contributed by atoms with van der Waals surface area (Å²) in [6, 6.07) is 6.09. The van der Waals surface area contributed by atoms with Gasteiger partial charge in [0.15, 0.2) is 0 Å². The third kappa shape index (κ3) is 5.05. The largest absolute Gasteiger partial charge is 0.432 e. The lowest BCUT2D eigenvalue weighted by atomic mass is 9.98. The van der Waals surface area contributed by atoms with Crippen molar-refractivity contribution in [1.82, 2.24) is 14.3 Å². The number of carbonyl (C=O) groups is 1. The Morgan fingerprint density at radius 3 is 2.68 bits per heavy atom. The highest BCUT2D eigenvalue weighted by atomic mass is 32.2. The van der Waals surface area contributed by atoms with Gasteiger partial charge in [0.2, 0.25) is 10.0 Å². The second kappa shape index (κ2) is 9.07. The molecule has 0 saturated heterocycles. The molecule has 31 heavy (non-hydrogen) atoms. The number of nitrogens with one attached hydrogen (secondary N) is 2. The lowest BCUT2D eigenvalue weighted by Crippen LogP contribution is -2.25. The molecular formula is C22H28N4O4S. The number of aromatic nitrogens is 2. The predicted molar refractivity (Wildman–Crippen MR) is 122 cm³/mol.